The molecular weight excluding hydrogens is 474 g/mol. The van der Waals surface area contributed by atoms with Gasteiger partial charge in [0.1, 0.15) is 5.75 Å². The maximum atomic E-state index is 10.9. The molecule has 3 atom stereocenters. The molecule has 0 N–H and O–H groups in total. The maximum Gasteiger partial charge on any atom is 1.00 e. The SMILES string of the molecule is COc1ccc2ccccc2c1-c1c(P[C@H](C)CC[C@H](C)OS(=O)(=O)[O-])ccc2ccccc12.[Li+]. The third-order valence-corrected chi connectivity index (χ3v) is 8.05. The minimum Gasteiger partial charge on any atom is -0.726 e. The Hall–Kier alpha value is -1.90. The van der Waals surface area contributed by atoms with Crippen LogP contribution in [0.1, 0.15) is 26.7 Å². The molecule has 0 radical (unpaired) electrons. The van der Waals surface area contributed by atoms with Gasteiger partial charge in [-0.05, 0) is 58.3 Å². The fourth-order valence-electron chi connectivity index (χ4n) is 4.41. The van der Waals surface area contributed by atoms with E-state index in [0.29, 0.717) is 15.0 Å². The van der Waals surface area contributed by atoms with E-state index in [1.165, 1.54) is 16.3 Å². The van der Waals surface area contributed by atoms with Crippen molar-refractivity contribution in [3.63, 3.8) is 0 Å². The van der Waals surface area contributed by atoms with E-state index in [2.05, 4.69) is 59.6 Å². The molecule has 0 aliphatic heterocycles. The normalized spacial score (nSPS) is 13.7. The molecule has 0 saturated carbocycles. The van der Waals surface area contributed by atoms with E-state index in [4.69, 9.17) is 4.74 Å². The standard InChI is InChI=1S/C27H29O5PS.Li/c1-18(32-34(28,29)30)12-13-19(2)33-25-17-15-21-9-5-7-11-23(21)27(25)26-22-10-6-4-8-20(22)14-16-24(26)31-3;/h4-11,14-19,33H,12-13H2,1-3H3,(H,28,29,30);/q;+1/p-1/t18-,19+;/m0./s1. The average Bonchev–Trinajstić information content (AvgIpc) is 2.81. The first-order valence-electron chi connectivity index (χ1n) is 11.3. The van der Waals surface area contributed by atoms with Gasteiger partial charge in [-0.1, -0.05) is 82.2 Å². The molecule has 0 aliphatic rings. The number of hydrogen-bond acceptors (Lipinski definition) is 5. The number of rotatable bonds is 9. The molecule has 1 unspecified atom stereocenters. The minimum atomic E-state index is -4.69. The molecule has 4 rings (SSSR count). The molecule has 5 nitrogen and oxygen atoms in total. The van der Waals surface area contributed by atoms with Crippen molar-refractivity contribution in [2.75, 3.05) is 7.11 Å². The Kier molecular flexibility index (Phi) is 9.40. The fourth-order valence-corrected chi connectivity index (χ4v) is 6.34. The predicted molar refractivity (Wildman–Crippen MR) is 140 cm³/mol. The van der Waals surface area contributed by atoms with Crippen molar-refractivity contribution >= 4 is 45.8 Å². The number of fused-ring (bicyclic) bond motifs is 2. The zero-order valence-corrected chi connectivity index (χ0v) is 22.3. The molecule has 4 aromatic rings. The summed E-state index contributed by atoms with van der Waals surface area (Å²) in [5.74, 6) is 0.830. The summed E-state index contributed by atoms with van der Waals surface area (Å²) in [6.45, 7) is 3.77. The van der Waals surface area contributed by atoms with Crippen molar-refractivity contribution in [1.29, 1.82) is 0 Å². The number of hydrogen-bond donors (Lipinski definition) is 0. The Bertz CT molecular complexity index is 1420. The van der Waals surface area contributed by atoms with Gasteiger partial charge in [0.25, 0.3) is 0 Å². The number of benzene rings is 4. The quantitative estimate of drug-likeness (QED) is 0.152. The fraction of sp³-hybridized carbons (Fsp3) is 0.259. The van der Waals surface area contributed by atoms with Crippen LogP contribution in [0, 0.1) is 0 Å². The van der Waals surface area contributed by atoms with Gasteiger partial charge in [-0.2, -0.15) is 0 Å². The zero-order valence-electron chi connectivity index (χ0n) is 20.4. The van der Waals surface area contributed by atoms with Gasteiger partial charge in [-0.15, -0.1) is 0 Å². The van der Waals surface area contributed by atoms with E-state index in [1.54, 1.807) is 14.0 Å². The molecule has 0 heterocycles. The topological polar surface area (TPSA) is 75.7 Å². The second-order valence-electron chi connectivity index (χ2n) is 8.51. The smallest absolute Gasteiger partial charge is 0.726 e. The van der Waals surface area contributed by atoms with Crippen LogP contribution in [0.2, 0.25) is 0 Å². The van der Waals surface area contributed by atoms with Gasteiger partial charge in [0.2, 0.25) is 10.4 Å². The van der Waals surface area contributed by atoms with Gasteiger partial charge in [0, 0.05) is 11.1 Å². The van der Waals surface area contributed by atoms with Crippen LogP contribution in [0.4, 0.5) is 0 Å². The van der Waals surface area contributed by atoms with Crippen molar-refractivity contribution < 1.29 is 40.8 Å². The minimum absolute atomic E-state index is 0. The average molecular weight is 502 g/mol. The molecule has 0 bridgehead atoms. The summed E-state index contributed by atoms with van der Waals surface area (Å²) >= 11 is 0. The molecule has 8 heteroatoms. The van der Waals surface area contributed by atoms with Crippen LogP contribution in [-0.4, -0.2) is 31.8 Å². The van der Waals surface area contributed by atoms with Gasteiger partial charge >= 0.3 is 18.9 Å². The summed E-state index contributed by atoms with van der Waals surface area (Å²) in [4.78, 5) is 0. The number of methoxy groups -OCH3 is 1. The predicted octanol–water partition coefficient (Wildman–Crippen LogP) is 3.01. The summed E-state index contributed by atoms with van der Waals surface area (Å²) in [6.07, 6.45) is 0.605. The number of ether oxygens (including phenoxy) is 1. The van der Waals surface area contributed by atoms with Crippen molar-refractivity contribution in [2.45, 2.75) is 38.5 Å². The van der Waals surface area contributed by atoms with Crippen LogP contribution in [-0.2, 0) is 14.6 Å². The summed E-state index contributed by atoms with van der Waals surface area (Å²) in [7, 11) is -2.50. The van der Waals surface area contributed by atoms with Gasteiger partial charge in [0.05, 0.1) is 13.2 Å². The van der Waals surface area contributed by atoms with Crippen LogP contribution in [0.3, 0.4) is 0 Å². The van der Waals surface area contributed by atoms with Crippen molar-refractivity contribution in [1.82, 2.24) is 0 Å². The first kappa shape index (κ1) is 27.7. The van der Waals surface area contributed by atoms with Crippen molar-refractivity contribution in [3.8, 4) is 16.9 Å². The van der Waals surface area contributed by atoms with Crippen molar-refractivity contribution in [3.05, 3.63) is 72.8 Å². The summed E-state index contributed by atoms with van der Waals surface area (Å²) in [5.41, 5.74) is 2.53. The van der Waals surface area contributed by atoms with Crippen LogP contribution in [0.15, 0.2) is 72.8 Å². The van der Waals surface area contributed by atoms with Gasteiger partial charge in [-0.3, -0.25) is 4.18 Å². The van der Waals surface area contributed by atoms with Gasteiger partial charge in [0.15, 0.2) is 0 Å². The molecular formula is C27H28LiO5PS. The summed E-state index contributed by atoms with van der Waals surface area (Å²) < 4.78 is 43.1. The molecule has 0 aromatic heterocycles. The molecule has 4 aromatic carbocycles. The monoisotopic (exact) mass is 502 g/mol. The molecule has 178 valence electrons. The Morgan fingerprint density at radius 3 is 2.00 bits per heavy atom. The van der Waals surface area contributed by atoms with Crippen LogP contribution in [0.25, 0.3) is 32.7 Å². The van der Waals surface area contributed by atoms with Gasteiger partial charge in [-0.25, -0.2) is 8.42 Å². The van der Waals surface area contributed by atoms with E-state index in [0.717, 1.165) is 33.9 Å². The third-order valence-electron chi connectivity index (χ3n) is 5.98. The largest absolute Gasteiger partial charge is 1.00 e. The zero-order chi connectivity index (χ0) is 24.3. The Morgan fingerprint density at radius 1 is 0.829 bits per heavy atom. The third kappa shape index (κ3) is 6.66. The van der Waals surface area contributed by atoms with E-state index in [1.807, 2.05) is 24.3 Å². The summed E-state index contributed by atoms with van der Waals surface area (Å²) in [5, 5.41) is 5.85. The Morgan fingerprint density at radius 2 is 1.40 bits per heavy atom. The molecule has 35 heavy (non-hydrogen) atoms. The van der Waals surface area contributed by atoms with E-state index >= 15 is 0 Å². The second-order valence-corrected chi connectivity index (χ2v) is 11.3. The Labute approximate surface area is 221 Å². The molecule has 0 amide bonds. The summed E-state index contributed by atoms with van der Waals surface area (Å²) in [6, 6.07) is 25.2. The Balaban J connectivity index is 0.00000342. The maximum absolute atomic E-state index is 10.9. The first-order chi connectivity index (χ1) is 16.3. The molecule has 0 saturated heterocycles. The molecule has 0 fully saturated rings. The molecule has 0 aliphatic carbocycles. The van der Waals surface area contributed by atoms with Crippen LogP contribution >= 0.6 is 8.58 Å². The van der Waals surface area contributed by atoms with Crippen molar-refractivity contribution in [2.24, 2.45) is 0 Å². The second kappa shape index (κ2) is 11.9. The first-order valence-corrected chi connectivity index (χ1v) is 13.7. The van der Waals surface area contributed by atoms with E-state index < -0.39 is 16.5 Å². The van der Waals surface area contributed by atoms with E-state index in [9.17, 15) is 13.0 Å². The van der Waals surface area contributed by atoms with E-state index in [-0.39, 0.29) is 24.5 Å². The van der Waals surface area contributed by atoms with Crippen LogP contribution in [0.5, 0.6) is 5.75 Å². The molecule has 0 spiro atoms. The van der Waals surface area contributed by atoms with Gasteiger partial charge < -0.3 is 9.29 Å². The van der Waals surface area contributed by atoms with Crippen LogP contribution < -0.4 is 28.9 Å².